The molecule has 0 spiro atoms. The first kappa shape index (κ1) is 14.5. The van der Waals surface area contributed by atoms with Gasteiger partial charge in [0.15, 0.2) is 0 Å². The minimum Gasteiger partial charge on any atom is -0.306 e. The summed E-state index contributed by atoms with van der Waals surface area (Å²) in [4.78, 5) is 4.69. The number of fused-ring (bicyclic) bond motifs is 1. The molecule has 2 heterocycles. The molecule has 0 aliphatic heterocycles. The second kappa shape index (κ2) is 5.84. The standard InChI is InChI=1S/C19H12BrClN2/c20-16-6-1-14(2-7-16)18-12-23-11-15(5-10-19(23)22-18)13-3-8-17(21)9-4-13/h1-12H. The predicted octanol–water partition coefficient (Wildman–Crippen LogP) is 6.08. The van der Waals surface area contributed by atoms with Gasteiger partial charge in [-0.3, -0.25) is 0 Å². The summed E-state index contributed by atoms with van der Waals surface area (Å²) < 4.78 is 3.12. The number of halogens is 2. The summed E-state index contributed by atoms with van der Waals surface area (Å²) in [6.07, 6.45) is 4.14. The number of hydrogen-bond donors (Lipinski definition) is 0. The minimum atomic E-state index is 0.745. The van der Waals surface area contributed by atoms with Crippen LogP contribution in [0.25, 0.3) is 28.0 Å². The van der Waals surface area contributed by atoms with E-state index in [2.05, 4.69) is 55.9 Å². The van der Waals surface area contributed by atoms with E-state index in [1.807, 2.05) is 42.5 Å². The maximum Gasteiger partial charge on any atom is 0.137 e. The van der Waals surface area contributed by atoms with Crippen molar-refractivity contribution in [1.82, 2.24) is 9.38 Å². The largest absolute Gasteiger partial charge is 0.306 e. The molecule has 0 atom stereocenters. The Balaban J connectivity index is 1.77. The summed E-state index contributed by atoms with van der Waals surface area (Å²) in [6, 6.07) is 20.1. The fourth-order valence-electron chi connectivity index (χ4n) is 2.56. The number of imidazole rings is 1. The van der Waals surface area contributed by atoms with Gasteiger partial charge in [-0.2, -0.15) is 0 Å². The topological polar surface area (TPSA) is 17.3 Å². The quantitative estimate of drug-likeness (QED) is 0.410. The minimum absolute atomic E-state index is 0.745. The molecule has 0 saturated carbocycles. The Labute approximate surface area is 147 Å². The first-order valence-corrected chi connectivity index (χ1v) is 8.37. The Morgan fingerprint density at radius 3 is 2.13 bits per heavy atom. The van der Waals surface area contributed by atoms with Crippen LogP contribution in [0.4, 0.5) is 0 Å². The van der Waals surface area contributed by atoms with Gasteiger partial charge in [-0.15, -0.1) is 0 Å². The Kier molecular flexibility index (Phi) is 3.68. The first-order valence-electron chi connectivity index (χ1n) is 7.20. The molecule has 0 saturated heterocycles. The third-order valence-corrected chi connectivity index (χ3v) is 4.55. The molecule has 4 rings (SSSR count). The predicted molar refractivity (Wildman–Crippen MR) is 98.8 cm³/mol. The van der Waals surface area contributed by atoms with E-state index in [1.165, 1.54) is 0 Å². The highest BCUT2D eigenvalue weighted by molar-refractivity contribution is 9.10. The van der Waals surface area contributed by atoms with Crippen molar-refractivity contribution in [1.29, 1.82) is 0 Å². The number of aromatic nitrogens is 2. The molecule has 0 bridgehead atoms. The molecule has 0 aliphatic carbocycles. The lowest BCUT2D eigenvalue weighted by Crippen LogP contribution is -1.85. The molecule has 0 fully saturated rings. The van der Waals surface area contributed by atoms with E-state index in [4.69, 9.17) is 11.6 Å². The number of pyridine rings is 1. The van der Waals surface area contributed by atoms with Gasteiger partial charge in [0.1, 0.15) is 5.65 Å². The van der Waals surface area contributed by atoms with Crippen molar-refractivity contribution in [2.45, 2.75) is 0 Å². The molecule has 0 aliphatic rings. The van der Waals surface area contributed by atoms with Gasteiger partial charge in [0.2, 0.25) is 0 Å². The van der Waals surface area contributed by atoms with E-state index >= 15 is 0 Å². The second-order valence-electron chi connectivity index (χ2n) is 5.32. The van der Waals surface area contributed by atoms with Crippen molar-refractivity contribution in [2.24, 2.45) is 0 Å². The van der Waals surface area contributed by atoms with E-state index in [0.29, 0.717) is 0 Å². The monoisotopic (exact) mass is 382 g/mol. The van der Waals surface area contributed by atoms with Crippen molar-refractivity contribution in [2.75, 3.05) is 0 Å². The third-order valence-electron chi connectivity index (χ3n) is 3.77. The first-order chi connectivity index (χ1) is 11.2. The van der Waals surface area contributed by atoms with Gasteiger partial charge < -0.3 is 4.40 Å². The zero-order valence-electron chi connectivity index (χ0n) is 12.1. The molecule has 0 amide bonds. The number of hydrogen-bond acceptors (Lipinski definition) is 1. The molecule has 2 aromatic carbocycles. The van der Waals surface area contributed by atoms with Gasteiger partial charge in [0.05, 0.1) is 5.69 Å². The average Bonchev–Trinajstić information content (AvgIpc) is 2.99. The number of benzene rings is 2. The molecular weight excluding hydrogens is 372 g/mol. The zero-order valence-corrected chi connectivity index (χ0v) is 14.4. The molecule has 4 heteroatoms. The van der Waals surface area contributed by atoms with Crippen molar-refractivity contribution >= 4 is 33.2 Å². The molecule has 0 radical (unpaired) electrons. The maximum absolute atomic E-state index is 5.96. The summed E-state index contributed by atoms with van der Waals surface area (Å²) in [6.45, 7) is 0. The molecule has 0 unspecified atom stereocenters. The fourth-order valence-corrected chi connectivity index (χ4v) is 2.95. The van der Waals surface area contributed by atoms with Gasteiger partial charge >= 0.3 is 0 Å². The average molecular weight is 384 g/mol. The smallest absolute Gasteiger partial charge is 0.137 e. The van der Waals surface area contributed by atoms with Crippen LogP contribution in [0.1, 0.15) is 0 Å². The second-order valence-corrected chi connectivity index (χ2v) is 6.68. The van der Waals surface area contributed by atoms with Crippen LogP contribution >= 0.6 is 27.5 Å². The summed E-state index contributed by atoms with van der Waals surface area (Å²) in [5.41, 5.74) is 5.26. The molecule has 4 aromatic rings. The Morgan fingerprint density at radius 1 is 0.739 bits per heavy atom. The number of nitrogens with zero attached hydrogens (tertiary/aromatic N) is 2. The van der Waals surface area contributed by atoms with Crippen molar-refractivity contribution in [3.63, 3.8) is 0 Å². The van der Waals surface area contributed by atoms with Crippen LogP contribution in [-0.2, 0) is 0 Å². The van der Waals surface area contributed by atoms with Crippen LogP contribution < -0.4 is 0 Å². The van der Waals surface area contributed by atoms with Gasteiger partial charge in [-0.05, 0) is 47.5 Å². The van der Waals surface area contributed by atoms with Gasteiger partial charge in [-0.1, -0.05) is 51.8 Å². The third kappa shape index (κ3) is 2.90. The zero-order chi connectivity index (χ0) is 15.8. The molecular formula is C19H12BrClN2. The number of rotatable bonds is 2. The van der Waals surface area contributed by atoms with Crippen molar-refractivity contribution in [3.8, 4) is 22.4 Å². The summed E-state index contributed by atoms with van der Waals surface area (Å²) in [5.74, 6) is 0. The Hall–Kier alpha value is -2.10. The van der Waals surface area contributed by atoms with Gasteiger partial charge in [-0.25, -0.2) is 4.98 Å². The molecule has 23 heavy (non-hydrogen) atoms. The fraction of sp³-hybridized carbons (Fsp3) is 0. The molecule has 2 aromatic heterocycles. The highest BCUT2D eigenvalue weighted by Gasteiger charge is 2.06. The van der Waals surface area contributed by atoms with Crippen LogP contribution in [0.5, 0.6) is 0 Å². The van der Waals surface area contributed by atoms with Crippen molar-refractivity contribution in [3.05, 3.63) is 82.6 Å². The lowest BCUT2D eigenvalue weighted by atomic mass is 10.1. The molecule has 0 N–H and O–H groups in total. The van der Waals surface area contributed by atoms with Crippen molar-refractivity contribution < 1.29 is 0 Å². The molecule has 2 nitrogen and oxygen atoms in total. The highest BCUT2D eigenvalue weighted by atomic mass is 79.9. The van der Waals surface area contributed by atoms with Crippen LogP contribution in [0.3, 0.4) is 0 Å². The normalized spacial score (nSPS) is 11.0. The lowest BCUT2D eigenvalue weighted by molar-refractivity contribution is 1.19. The summed E-state index contributed by atoms with van der Waals surface area (Å²) in [5, 5.41) is 0.745. The Morgan fingerprint density at radius 2 is 1.39 bits per heavy atom. The van der Waals surface area contributed by atoms with E-state index in [-0.39, 0.29) is 0 Å². The molecule has 112 valence electrons. The maximum atomic E-state index is 5.96. The highest BCUT2D eigenvalue weighted by Crippen LogP contribution is 2.25. The van der Waals surface area contributed by atoms with E-state index in [9.17, 15) is 0 Å². The van der Waals surface area contributed by atoms with Crippen LogP contribution in [0.15, 0.2) is 77.5 Å². The van der Waals surface area contributed by atoms with Crippen LogP contribution in [0, 0.1) is 0 Å². The SMILES string of the molecule is Clc1ccc(-c2ccc3nc(-c4ccc(Br)cc4)cn3c2)cc1. The van der Waals surface area contributed by atoms with E-state index in [0.717, 1.165) is 37.5 Å². The van der Waals surface area contributed by atoms with Crippen LogP contribution in [0.2, 0.25) is 5.02 Å². The summed E-state index contributed by atoms with van der Waals surface area (Å²) in [7, 11) is 0. The van der Waals surface area contributed by atoms with E-state index < -0.39 is 0 Å². The van der Waals surface area contributed by atoms with Crippen LogP contribution in [-0.4, -0.2) is 9.38 Å². The lowest BCUT2D eigenvalue weighted by Gasteiger charge is -2.02. The van der Waals surface area contributed by atoms with E-state index in [1.54, 1.807) is 0 Å². The Bertz CT molecular complexity index is 929. The summed E-state index contributed by atoms with van der Waals surface area (Å²) >= 11 is 9.42. The van der Waals surface area contributed by atoms with Gasteiger partial charge in [0, 0.05) is 27.5 Å². The van der Waals surface area contributed by atoms with Gasteiger partial charge in [0.25, 0.3) is 0 Å².